The molecule has 0 aromatic carbocycles. The summed E-state index contributed by atoms with van der Waals surface area (Å²) in [4.78, 5) is 0. The minimum Gasteiger partial charge on any atom is -0.315 e. The highest BCUT2D eigenvalue weighted by atomic mass is 79.9. The molecule has 14 heavy (non-hydrogen) atoms. The van der Waals surface area contributed by atoms with E-state index < -0.39 is 0 Å². The molecule has 0 aliphatic heterocycles. The summed E-state index contributed by atoms with van der Waals surface area (Å²) in [6.07, 6.45) is 2.10. The van der Waals surface area contributed by atoms with Crippen LogP contribution < -0.4 is 5.32 Å². The Kier molecular flexibility index (Phi) is 4.54. The first-order chi connectivity index (χ1) is 6.65. The number of nitrogens with one attached hydrogen (secondary N) is 1. The van der Waals surface area contributed by atoms with Gasteiger partial charge in [-0.05, 0) is 42.2 Å². The van der Waals surface area contributed by atoms with Crippen LogP contribution >= 0.6 is 15.9 Å². The zero-order chi connectivity index (χ0) is 10.6. The third-order valence-electron chi connectivity index (χ3n) is 2.26. The first kappa shape index (κ1) is 11.7. The molecule has 1 unspecified atom stereocenters. The Morgan fingerprint density at radius 1 is 1.57 bits per heavy atom. The Bertz CT molecular complexity index is 265. The minimum atomic E-state index is 0.543. The lowest BCUT2D eigenvalue weighted by Gasteiger charge is -2.11. The lowest BCUT2D eigenvalue weighted by Crippen LogP contribution is -2.26. The third kappa shape index (κ3) is 3.06. The van der Waals surface area contributed by atoms with E-state index in [9.17, 15) is 0 Å². The molecular weight excluding hydrogens is 244 g/mol. The molecule has 1 heterocycles. The van der Waals surface area contributed by atoms with E-state index in [-0.39, 0.29) is 0 Å². The summed E-state index contributed by atoms with van der Waals surface area (Å²) in [7, 11) is 1.92. The second-order valence-corrected chi connectivity index (χ2v) is 4.20. The predicted molar refractivity (Wildman–Crippen MR) is 60.2 cm³/mol. The first-order valence-electron chi connectivity index (χ1n) is 4.92. The van der Waals surface area contributed by atoms with Crippen LogP contribution in [0.1, 0.15) is 26.0 Å². The van der Waals surface area contributed by atoms with Crippen molar-refractivity contribution >= 4 is 15.9 Å². The fourth-order valence-corrected chi connectivity index (χ4v) is 1.95. The maximum Gasteiger partial charge on any atom is 0.151 e. The van der Waals surface area contributed by atoms with Crippen molar-refractivity contribution in [2.24, 2.45) is 7.05 Å². The lowest BCUT2D eigenvalue weighted by atomic mass is 10.1. The molecule has 0 saturated heterocycles. The maximum atomic E-state index is 3.95. The predicted octanol–water partition coefficient (Wildman–Crippen LogP) is 1.51. The monoisotopic (exact) mass is 260 g/mol. The topological polar surface area (TPSA) is 42.7 Å². The van der Waals surface area contributed by atoms with Gasteiger partial charge in [0.05, 0.1) is 5.69 Å². The van der Waals surface area contributed by atoms with Crippen molar-refractivity contribution < 1.29 is 0 Å². The molecule has 0 aliphatic rings. The quantitative estimate of drug-likeness (QED) is 0.873. The van der Waals surface area contributed by atoms with Gasteiger partial charge in [0, 0.05) is 13.1 Å². The lowest BCUT2D eigenvalue weighted by molar-refractivity contribution is 0.519. The zero-order valence-corrected chi connectivity index (χ0v) is 10.5. The van der Waals surface area contributed by atoms with Crippen molar-refractivity contribution in [3.05, 3.63) is 10.3 Å². The van der Waals surface area contributed by atoms with E-state index >= 15 is 0 Å². The van der Waals surface area contributed by atoms with Gasteiger partial charge in [0.25, 0.3) is 0 Å². The molecule has 1 N–H and O–H groups in total. The van der Waals surface area contributed by atoms with E-state index in [0.29, 0.717) is 6.04 Å². The fraction of sp³-hybridized carbons (Fsp3) is 0.778. The van der Waals surface area contributed by atoms with E-state index in [0.717, 1.165) is 29.7 Å². The van der Waals surface area contributed by atoms with Crippen LogP contribution in [0.2, 0.25) is 0 Å². The van der Waals surface area contributed by atoms with Gasteiger partial charge in [0.15, 0.2) is 4.60 Å². The molecule has 1 rings (SSSR count). The molecule has 0 fully saturated rings. The van der Waals surface area contributed by atoms with Crippen molar-refractivity contribution in [1.29, 1.82) is 0 Å². The van der Waals surface area contributed by atoms with Crippen molar-refractivity contribution in [3.8, 4) is 0 Å². The number of halogens is 1. The highest BCUT2D eigenvalue weighted by molar-refractivity contribution is 9.10. The fourth-order valence-electron chi connectivity index (χ4n) is 1.42. The van der Waals surface area contributed by atoms with Gasteiger partial charge in [-0.1, -0.05) is 12.1 Å². The summed E-state index contributed by atoms with van der Waals surface area (Å²) >= 11 is 3.39. The number of aromatic nitrogens is 3. The van der Waals surface area contributed by atoms with Crippen LogP contribution in [-0.4, -0.2) is 27.6 Å². The molecular formula is C9H17BrN4. The molecule has 80 valence electrons. The Balaban J connectivity index is 2.45. The Hall–Kier alpha value is -0.420. The smallest absolute Gasteiger partial charge is 0.151 e. The molecule has 0 aliphatic carbocycles. The van der Waals surface area contributed by atoms with E-state index in [1.54, 1.807) is 0 Å². The van der Waals surface area contributed by atoms with Crippen LogP contribution in [-0.2, 0) is 13.5 Å². The Labute approximate surface area is 93.2 Å². The molecule has 1 atom stereocenters. The van der Waals surface area contributed by atoms with E-state index in [4.69, 9.17) is 0 Å². The van der Waals surface area contributed by atoms with Crippen LogP contribution in [0.5, 0.6) is 0 Å². The van der Waals surface area contributed by atoms with Crippen molar-refractivity contribution in [2.75, 3.05) is 6.54 Å². The summed E-state index contributed by atoms with van der Waals surface area (Å²) in [5, 5.41) is 11.3. The van der Waals surface area contributed by atoms with Crippen LogP contribution in [0, 0.1) is 0 Å². The summed E-state index contributed by atoms with van der Waals surface area (Å²) in [6.45, 7) is 5.34. The third-order valence-corrected chi connectivity index (χ3v) is 2.88. The Morgan fingerprint density at radius 2 is 2.29 bits per heavy atom. The zero-order valence-electron chi connectivity index (χ0n) is 8.92. The average Bonchev–Trinajstić information content (AvgIpc) is 2.44. The molecule has 1 aromatic rings. The van der Waals surface area contributed by atoms with Crippen LogP contribution in [0.4, 0.5) is 0 Å². The molecule has 1 aromatic heterocycles. The van der Waals surface area contributed by atoms with Crippen LogP contribution in [0.25, 0.3) is 0 Å². The molecule has 0 radical (unpaired) electrons. The maximum absolute atomic E-state index is 3.95. The molecule has 4 nitrogen and oxygen atoms in total. The van der Waals surface area contributed by atoms with Crippen LogP contribution in [0.15, 0.2) is 4.60 Å². The summed E-state index contributed by atoms with van der Waals surface area (Å²) in [6, 6.07) is 0.543. The number of rotatable bonds is 5. The molecule has 0 bridgehead atoms. The normalized spacial score (nSPS) is 13.1. The largest absolute Gasteiger partial charge is 0.315 e. The highest BCUT2D eigenvalue weighted by Gasteiger charge is 2.09. The molecule has 0 amide bonds. The van der Waals surface area contributed by atoms with Gasteiger partial charge in [-0.15, -0.1) is 5.10 Å². The van der Waals surface area contributed by atoms with Crippen molar-refractivity contribution in [3.63, 3.8) is 0 Å². The summed E-state index contributed by atoms with van der Waals surface area (Å²) < 4.78 is 2.69. The minimum absolute atomic E-state index is 0.543. The van der Waals surface area contributed by atoms with Crippen molar-refractivity contribution in [1.82, 2.24) is 20.3 Å². The van der Waals surface area contributed by atoms with Gasteiger partial charge in [-0.2, -0.15) is 0 Å². The summed E-state index contributed by atoms with van der Waals surface area (Å²) in [5.74, 6) is 0. The van der Waals surface area contributed by atoms with E-state index in [1.165, 1.54) is 0 Å². The van der Waals surface area contributed by atoms with E-state index in [1.807, 2.05) is 11.7 Å². The van der Waals surface area contributed by atoms with Gasteiger partial charge in [-0.25, -0.2) is 0 Å². The first-order valence-corrected chi connectivity index (χ1v) is 5.71. The molecule has 0 saturated carbocycles. The average molecular weight is 261 g/mol. The van der Waals surface area contributed by atoms with Gasteiger partial charge in [-0.3, -0.25) is 4.68 Å². The Morgan fingerprint density at radius 3 is 2.79 bits per heavy atom. The number of nitrogens with zero attached hydrogens (tertiary/aromatic N) is 3. The highest BCUT2D eigenvalue weighted by Crippen LogP contribution is 2.14. The number of aryl methyl sites for hydroxylation is 1. The second kappa shape index (κ2) is 5.46. The molecule has 5 heteroatoms. The number of hydrogen-bond acceptors (Lipinski definition) is 3. The van der Waals surface area contributed by atoms with Gasteiger partial charge < -0.3 is 5.32 Å². The molecule has 0 spiro atoms. The van der Waals surface area contributed by atoms with Gasteiger partial charge in [0.1, 0.15) is 0 Å². The summed E-state index contributed by atoms with van der Waals surface area (Å²) in [5.41, 5.74) is 1.16. The van der Waals surface area contributed by atoms with Gasteiger partial charge >= 0.3 is 0 Å². The SMILES string of the molecule is CCNC(C)CCc1c(Br)nnn1C. The van der Waals surface area contributed by atoms with Gasteiger partial charge in [0.2, 0.25) is 0 Å². The van der Waals surface area contributed by atoms with Crippen LogP contribution in [0.3, 0.4) is 0 Å². The van der Waals surface area contributed by atoms with E-state index in [2.05, 4.69) is 45.4 Å². The standard InChI is InChI=1S/C9H17BrN4/c1-4-11-7(2)5-6-8-9(10)12-13-14(8)3/h7,11H,4-6H2,1-3H3. The number of hydrogen-bond donors (Lipinski definition) is 1. The van der Waals surface area contributed by atoms with Crippen molar-refractivity contribution in [2.45, 2.75) is 32.7 Å². The second-order valence-electron chi connectivity index (χ2n) is 3.45.